The molecule has 0 radical (unpaired) electrons. The molecular weight excluding hydrogens is 1100 g/mol. The van der Waals surface area contributed by atoms with Gasteiger partial charge >= 0.3 is 33.6 Å². The molecule has 4 heterocycles. The Hall–Kier alpha value is -5.62. The standard InChI is InChI=1S/C24H33F3N6O4S2.C23H31F3N6O4S2/c1-5-7-10-37-22(34)21-29-31-23(38-21)30-28-18-11-16-8-9-17(6-2)33(13-15(3)4)20(16)12-19(18)32-39(35,36)14-24(25,26)27;1-5-7-10-36-21(33)20-28-30-22(37-20)29-27-17-11-15-8-9-16(6-2)32(13-14(3)4)19(15)12-18(17)31-38(34,35)23(24,25)26/h11-12,15,17,32H,5-10,13-14H2,1-4H3;11-12,14,16,31H,5-10,13H2,1-4H3. The number of hydrogen-bond donors (Lipinski definition) is 2. The number of alkyl halides is 6. The van der Waals surface area contributed by atoms with Gasteiger partial charge in [-0.3, -0.25) is 9.44 Å². The third-order valence-electron chi connectivity index (χ3n) is 11.7. The number of ether oxygens (including phenoxy) is 2. The number of carbonyl (C=O) groups excluding carboxylic acids is 2. The van der Waals surface area contributed by atoms with Crippen LogP contribution in [-0.2, 0) is 42.4 Å². The van der Waals surface area contributed by atoms with Gasteiger partial charge in [0.2, 0.25) is 20.0 Å². The van der Waals surface area contributed by atoms with Gasteiger partial charge in [0.05, 0.1) is 24.6 Å². The summed E-state index contributed by atoms with van der Waals surface area (Å²) in [5, 5.41) is 30.9. The highest BCUT2D eigenvalue weighted by Gasteiger charge is 2.46. The first-order valence-corrected chi connectivity index (χ1v) is 29.8. The first kappa shape index (κ1) is 62.2. The van der Waals surface area contributed by atoms with Crippen LogP contribution >= 0.6 is 22.7 Å². The highest BCUT2D eigenvalue weighted by atomic mass is 32.2. The number of nitrogens with zero attached hydrogens (tertiary/aromatic N) is 10. The lowest BCUT2D eigenvalue weighted by molar-refractivity contribution is -0.106. The summed E-state index contributed by atoms with van der Waals surface area (Å²) in [4.78, 5) is 28.4. The van der Waals surface area contributed by atoms with Gasteiger partial charge in [0.25, 0.3) is 10.3 Å². The number of carbonyl (C=O) groups is 2. The molecule has 0 fully saturated rings. The number of hydrogen-bond acceptors (Lipinski definition) is 20. The van der Waals surface area contributed by atoms with Gasteiger partial charge in [0.15, 0.2) is 5.75 Å². The number of azo groups is 2. The second kappa shape index (κ2) is 27.3. The number of sulfonamides is 2. The molecule has 2 aliphatic rings. The average Bonchev–Trinajstić information content (AvgIpc) is 4.03. The smallest absolute Gasteiger partial charge is 0.460 e. The van der Waals surface area contributed by atoms with Crippen LogP contribution in [-0.4, -0.2) is 105 Å². The van der Waals surface area contributed by atoms with Crippen LogP contribution in [0.1, 0.15) is 137 Å². The number of aryl methyl sites for hydroxylation is 2. The van der Waals surface area contributed by atoms with Crippen LogP contribution in [0.15, 0.2) is 44.7 Å². The molecule has 2 aromatic carbocycles. The summed E-state index contributed by atoms with van der Waals surface area (Å²) in [6.45, 7) is 18.0. The molecule has 4 aromatic rings. The summed E-state index contributed by atoms with van der Waals surface area (Å²) in [7, 11) is -10.5. The van der Waals surface area contributed by atoms with Gasteiger partial charge in [0.1, 0.15) is 11.4 Å². The number of aromatic nitrogens is 4. The van der Waals surface area contributed by atoms with E-state index in [-0.39, 0.29) is 74.2 Å². The van der Waals surface area contributed by atoms with Crippen molar-refractivity contribution in [1.82, 2.24) is 20.4 Å². The van der Waals surface area contributed by atoms with Crippen LogP contribution in [0.25, 0.3) is 0 Å². The van der Waals surface area contributed by atoms with Gasteiger partial charge in [-0.15, -0.1) is 40.9 Å². The van der Waals surface area contributed by atoms with Crippen LogP contribution in [0.4, 0.5) is 70.7 Å². The first-order chi connectivity index (χ1) is 36.2. The van der Waals surface area contributed by atoms with E-state index in [1.165, 1.54) is 18.2 Å². The van der Waals surface area contributed by atoms with E-state index in [9.17, 15) is 52.8 Å². The van der Waals surface area contributed by atoms with Gasteiger partial charge in [-0.25, -0.2) is 18.0 Å². The van der Waals surface area contributed by atoms with Crippen LogP contribution in [0.3, 0.4) is 0 Å². The van der Waals surface area contributed by atoms with E-state index in [4.69, 9.17) is 9.47 Å². The van der Waals surface area contributed by atoms with E-state index < -0.39 is 49.4 Å². The highest BCUT2D eigenvalue weighted by molar-refractivity contribution is 7.93. The summed E-state index contributed by atoms with van der Waals surface area (Å²) in [5.41, 5.74) is -2.99. The lowest BCUT2D eigenvalue weighted by atomic mass is 9.92. The number of rotatable bonds is 23. The Morgan fingerprint density at radius 3 is 1.44 bits per heavy atom. The van der Waals surface area contributed by atoms with Crippen LogP contribution < -0.4 is 19.2 Å². The van der Waals surface area contributed by atoms with Gasteiger partial charge < -0.3 is 19.3 Å². The predicted molar refractivity (Wildman–Crippen MR) is 283 cm³/mol. The molecule has 0 saturated heterocycles. The minimum Gasteiger partial charge on any atom is -0.460 e. The number of anilines is 4. The molecule has 30 heteroatoms. The van der Waals surface area contributed by atoms with E-state index in [1.54, 1.807) is 10.8 Å². The third kappa shape index (κ3) is 18.0. The van der Waals surface area contributed by atoms with Crippen LogP contribution in [0.5, 0.6) is 0 Å². The summed E-state index contributed by atoms with van der Waals surface area (Å²) in [6.07, 6.45) is 2.90. The van der Waals surface area contributed by atoms with Crippen LogP contribution in [0.2, 0.25) is 0 Å². The largest absolute Gasteiger partial charge is 0.516 e. The zero-order chi connectivity index (χ0) is 56.9. The van der Waals surface area contributed by atoms with E-state index >= 15 is 0 Å². The van der Waals surface area contributed by atoms with Crippen molar-refractivity contribution in [3.63, 3.8) is 0 Å². The molecule has 2 N–H and O–H groups in total. The minimum absolute atomic E-state index is 0.00624. The molecule has 2 aromatic heterocycles. The fourth-order valence-corrected chi connectivity index (χ4v) is 10.9. The van der Waals surface area contributed by atoms with Crippen molar-refractivity contribution in [2.45, 2.75) is 143 Å². The van der Waals surface area contributed by atoms with Crippen molar-refractivity contribution in [3.8, 4) is 0 Å². The average molecular weight is 1170 g/mol. The molecule has 0 aliphatic carbocycles. The fraction of sp³-hybridized carbons (Fsp3) is 0.617. The van der Waals surface area contributed by atoms with E-state index in [0.29, 0.717) is 50.4 Å². The van der Waals surface area contributed by atoms with Crippen molar-refractivity contribution >= 4 is 99.0 Å². The highest BCUT2D eigenvalue weighted by Crippen LogP contribution is 2.43. The number of halogens is 6. The lowest BCUT2D eigenvalue weighted by Gasteiger charge is -2.40. The predicted octanol–water partition coefficient (Wildman–Crippen LogP) is 12.8. The Labute approximate surface area is 452 Å². The number of unbranched alkanes of at least 4 members (excludes halogenated alkanes) is 2. The molecule has 2 aliphatic heterocycles. The van der Waals surface area contributed by atoms with Gasteiger partial charge in [-0.05, 0) is 98.6 Å². The summed E-state index contributed by atoms with van der Waals surface area (Å²) in [6, 6.07) is 6.45. The Morgan fingerprint density at radius 1 is 0.662 bits per heavy atom. The van der Waals surface area contributed by atoms with E-state index in [2.05, 4.69) is 76.1 Å². The number of esters is 2. The normalized spacial score (nSPS) is 16.2. The topological polar surface area (TPSA) is 252 Å². The molecule has 0 amide bonds. The second-order valence-electron chi connectivity index (χ2n) is 19.0. The molecule has 6 rings (SSSR count). The SMILES string of the molecule is CCCCOC(=O)c1nnc(N=Nc2cc3c(cc2NS(=O)(=O)C(F)(F)F)N(CC(C)C)C(CC)CC3)s1.CCCCOC(=O)c1nnc(N=Nc2cc3c(cc2NS(=O)(=O)CC(F)(F)F)N(CC(C)C)C(CC)CC3)s1. The zero-order valence-electron chi connectivity index (χ0n) is 43.9. The molecular formula is C47H64F6N12O8S4. The molecule has 0 bridgehead atoms. The number of nitrogens with one attached hydrogen (secondary N) is 2. The maximum Gasteiger partial charge on any atom is 0.516 e. The Kier molecular flexibility index (Phi) is 22.1. The number of benzene rings is 2. The summed E-state index contributed by atoms with van der Waals surface area (Å²) >= 11 is 1.63. The molecule has 77 heavy (non-hydrogen) atoms. The van der Waals surface area contributed by atoms with Crippen molar-refractivity contribution in [2.75, 3.05) is 51.3 Å². The van der Waals surface area contributed by atoms with Gasteiger partial charge in [0, 0.05) is 36.5 Å². The maximum atomic E-state index is 13.2. The second-order valence-corrected chi connectivity index (χ2v) is 24.3. The van der Waals surface area contributed by atoms with Crippen molar-refractivity contribution < 1.29 is 62.2 Å². The van der Waals surface area contributed by atoms with Crippen molar-refractivity contribution in [2.24, 2.45) is 32.3 Å². The van der Waals surface area contributed by atoms with Crippen LogP contribution in [0, 0.1) is 11.8 Å². The molecule has 20 nitrogen and oxygen atoms in total. The summed E-state index contributed by atoms with van der Waals surface area (Å²) < 4.78 is 141. The quantitative estimate of drug-likeness (QED) is 0.0303. The minimum atomic E-state index is -5.72. The van der Waals surface area contributed by atoms with Gasteiger partial charge in [-0.1, -0.05) is 90.9 Å². The van der Waals surface area contributed by atoms with E-state index in [0.717, 1.165) is 78.0 Å². The molecule has 0 spiro atoms. The lowest BCUT2D eigenvalue weighted by Crippen LogP contribution is -2.41. The Bertz CT molecular complexity index is 2930. The Morgan fingerprint density at radius 2 is 1.08 bits per heavy atom. The van der Waals surface area contributed by atoms with Crippen molar-refractivity contribution in [3.05, 3.63) is 45.4 Å². The molecule has 0 saturated carbocycles. The van der Waals surface area contributed by atoms with Crippen molar-refractivity contribution in [1.29, 1.82) is 0 Å². The molecule has 2 atom stereocenters. The maximum absolute atomic E-state index is 13.2. The first-order valence-electron chi connectivity index (χ1n) is 25.1. The van der Waals surface area contributed by atoms with Gasteiger partial charge in [-0.2, -0.15) is 34.8 Å². The monoisotopic (exact) mass is 1170 g/mol. The summed E-state index contributed by atoms with van der Waals surface area (Å²) in [5.74, 6) is -2.78. The molecule has 2 unspecified atom stereocenters. The number of fused-ring (bicyclic) bond motifs is 2. The Balaban J connectivity index is 0.000000284. The molecule has 426 valence electrons. The van der Waals surface area contributed by atoms with E-state index in [1.807, 2.05) is 34.6 Å². The fourth-order valence-electron chi connectivity index (χ4n) is 8.22. The third-order valence-corrected chi connectivity index (χ3v) is 15.7. The zero-order valence-corrected chi connectivity index (χ0v) is 47.1.